The van der Waals surface area contributed by atoms with Crippen LogP contribution in [0, 0.1) is 5.92 Å². The van der Waals surface area contributed by atoms with Crippen molar-refractivity contribution in [1.82, 2.24) is 4.90 Å². The number of rotatable bonds is 3. The molecule has 0 aromatic carbocycles. The first kappa shape index (κ1) is 13.3. The summed E-state index contributed by atoms with van der Waals surface area (Å²) in [6.07, 6.45) is 5.82. The van der Waals surface area contributed by atoms with Crippen LogP contribution in [0.1, 0.15) is 46.5 Å². The van der Waals surface area contributed by atoms with Crippen molar-refractivity contribution < 1.29 is 4.74 Å². The number of hydrogen-bond donors (Lipinski definition) is 1. The zero-order valence-corrected chi connectivity index (χ0v) is 11.6. The lowest BCUT2D eigenvalue weighted by atomic mass is 9.91. The molecule has 0 spiro atoms. The van der Waals surface area contributed by atoms with Gasteiger partial charge in [-0.25, -0.2) is 0 Å². The van der Waals surface area contributed by atoms with E-state index in [2.05, 4.69) is 25.7 Å². The fourth-order valence-electron chi connectivity index (χ4n) is 3.40. The van der Waals surface area contributed by atoms with E-state index in [0.29, 0.717) is 24.3 Å². The molecule has 2 rings (SSSR count). The Labute approximate surface area is 106 Å². The van der Waals surface area contributed by atoms with Gasteiger partial charge >= 0.3 is 0 Å². The normalized spacial score (nSPS) is 41.6. The third-order valence-electron chi connectivity index (χ3n) is 4.53. The van der Waals surface area contributed by atoms with Crippen LogP contribution in [0.5, 0.6) is 0 Å². The summed E-state index contributed by atoms with van der Waals surface area (Å²) in [5, 5.41) is 0. The third kappa shape index (κ3) is 3.01. The molecule has 0 aliphatic carbocycles. The molecule has 0 saturated carbocycles. The Morgan fingerprint density at radius 3 is 2.53 bits per heavy atom. The highest BCUT2D eigenvalue weighted by molar-refractivity contribution is 4.90. The van der Waals surface area contributed by atoms with Gasteiger partial charge in [0.2, 0.25) is 0 Å². The van der Waals surface area contributed by atoms with Crippen LogP contribution in [-0.4, -0.2) is 42.3 Å². The van der Waals surface area contributed by atoms with Gasteiger partial charge in [0.15, 0.2) is 0 Å². The van der Waals surface area contributed by atoms with E-state index >= 15 is 0 Å². The van der Waals surface area contributed by atoms with Gasteiger partial charge in [-0.05, 0) is 45.4 Å². The second-order valence-electron chi connectivity index (χ2n) is 6.09. The molecule has 5 unspecified atom stereocenters. The lowest BCUT2D eigenvalue weighted by Crippen LogP contribution is -2.55. The zero-order valence-electron chi connectivity index (χ0n) is 11.6. The van der Waals surface area contributed by atoms with E-state index in [4.69, 9.17) is 10.5 Å². The first-order chi connectivity index (χ1) is 8.11. The van der Waals surface area contributed by atoms with E-state index < -0.39 is 0 Å². The molecule has 0 aromatic heterocycles. The number of nitrogens with zero attached hydrogens (tertiary/aromatic N) is 1. The van der Waals surface area contributed by atoms with Crippen molar-refractivity contribution in [2.75, 3.05) is 13.1 Å². The largest absolute Gasteiger partial charge is 0.374 e. The first-order valence-electron chi connectivity index (χ1n) is 7.23. The van der Waals surface area contributed by atoms with E-state index in [1.54, 1.807) is 0 Å². The van der Waals surface area contributed by atoms with Crippen LogP contribution in [0.2, 0.25) is 0 Å². The smallest absolute Gasteiger partial charge is 0.0747 e. The molecule has 2 saturated heterocycles. The van der Waals surface area contributed by atoms with E-state index in [1.165, 1.54) is 32.2 Å². The Hall–Kier alpha value is -0.120. The highest BCUT2D eigenvalue weighted by Crippen LogP contribution is 2.29. The summed E-state index contributed by atoms with van der Waals surface area (Å²) < 4.78 is 6.03. The van der Waals surface area contributed by atoms with Crippen LogP contribution >= 0.6 is 0 Å². The Kier molecular flexibility index (Phi) is 4.45. The summed E-state index contributed by atoms with van der Waals surface area (Å²) in [6.45, 7) is 8.79. The lowest BCUT2D eigenvalue weighted by molar-refractivity contribution is -0.0309. The number of hydrogen-bond acceptors (Lipinski definition) is 3. The average Bonchev–Trinajstić information content (AvgIpc) is 2.71. The maximum atomic E-state index is 6.03. The fraction of sp³-hybridized carbons (Fsp3) is 1.00. The monoisotopic (exact) mass is 240 g/mol. The van der Waals surface area contributed by atoms with E-state index in [1.807, 2.05) is 0 Å². The van der Waals surface area contributed by atoms with Crippen molar-refractivity contribution in [1.29, 1.82) is 0 Å². The van der Waals surface area contributed by atoms with Crippen molar-refractivity contribution in [2.24, 2.45) is 11.7 Å². The van der Waals surface area contributed by atoms with E-state index in [9.17, 15) is 0 Å². The van der Waals surface area contributed by atoms with Gasteiger partial charge in [0.1, 0.15) is 0 Å². The van der Waals surface area contributed by atoms with E-state index in [-0.39, 0.29) is 0 Å². The van der Waals surface area contributed by atoms with Crippen LogP contribution in [0.15, 0.2) is 0 Å². The Balaban J connectivity index is 2.01. The molecular weight excluding hydrogens is 212 g/mol. The van der Waals surface area contributed by atoms with Crippen molar-refractivity contribution in [3.63, 3.8) is 0 Å². The van der Waals surface area contributed by atoms with Crippen molar-refractivity contribution >= 4 is 0 Å². The van der Waals surface area contributed by atoms with Crippen molar-refractivity contribution in [3.8, 4) is 0 Å². The summed E-state index contributed by atoms with van der Waals surface area (Å²) in [7, 11) is 0. The molecule has 2 N–H and O–H groups in total. The predicted octanol–water partition coefficient (Wildman–Crippen LogP) is 2.00. The van der Waals surface area contributed by atoms with Gasteiger partial charge in [0, 0.05) is 25.2 Å². The average molecular weight is 240 g/mol. The minimum atomic E-state index is 0.364. The Morgan fingerprint density at radius 2 is 1.94 bits per heavy atom. The number of nitrogens with two attached hydrogens (primary N) is 1. The van der Waals surface area contributed by atoms with Gasteiger partial charge in [0.25, 0.3) is 0 Å². The summed E-state index contributed by atoms with van der Waals surface area (Å²) in [5.74, 6) is 0.805. The summed E-state index contributed by atoms with van der Waals surface area (Å²) in [4.78, 5) is 2.61. The van der Waals surface area contributed by atoms with Crippen LogP contribution in [0.25, 0.3) is 0 Å². The molecule has 2 fully saturated rings. The molecule has 0 aromatic rings. The fourth-order valence-corrected chi connectivity index (χ4v) is 3.40. The molecule has 3 heteroatoms. The van der Waals surface area contributed by atoms with Gasteiger partial charge in [-0.2, -0.15) is 0 Å². The molecule has 0 bridgehead atoms. The zero-order chi connectivity index (χ0) is 12.4. The van der Waals surface area contributed by atoms with Gasteiger partial charge < -0.3 is 10.5 Å². The SMILES string of the molecule is CC1CCC(C)N(C(CN)C2CCC(C)O2)C1. The molecular formula is C14H28N2O. The Bertz CT molecular complexity index is 246. The lowest BCUT2D eigenvalue weighted by Gasteiger charge is -2.43. The summed E-state index contributed by atoms with van der Waals surface area (Å²) in [5.41, 5.74) is 6.01. The molecule has 2 aliphatic rings. The van der Waals surface area contributed by atoms with Crippen LogP contribution in [-0.2, 0) is 4.74 Å². The molecule has 100 valence electrons. The predicted molar refractivity (Wildman–Crippen MR) is 71.0 cm³/mol. The molecule has 2 heterocycles. The highest BCUT2D eigenvalue weighted by atomic mass is 16.5. The van der Waals surface area contributed by atoms with Gasteiger partial charge in [-0.3, -0.25) is 4.90 Å². The quantitative estimate of drug-likeness (QED) is 0.820. The van der Waals surface area contributed by atoms with Gasteiger partial charge in [0.05, 0.1) is 12.2 Å². The van der Waals surface area contributed by atoms with Crippen molar-refractivity contribution in [3.05, 3.63) is 0 Å². The minimum Gasteiger partial charge on any atom is -0.374 e. The minimum absolute atomic E-state index is 0.364. The molecule has 3 nitrogen and oxygen atoms in total. The van der Waals surface area contributed by atoms with Crippen LogP contribution < -0.4 is 5.73 Å². The highest BCUT2D eigenvalue weighted by Gasteiger charge is 2.36. The first-order valence-corrected chi connectivity index (χ1v) is 7.23. The van der Waals surface area contributed by atoms with Gasteiger partial charge in [-0.1, -0.05) is 6.92 Å². The third-order valence-corrected chi connectivity index (χ3v) is 4.53. The summed E-state index contributed by atoms with van der Waals surface area (Å²) >= 11 is 0. The molecule has 0 radical (unpaired) electrons. The molecule has 17 heavy (non-hydrogen) atoms. The maximum Gasteiger partial charge on any atom is 0.0747 e. The number of piperidine rings is 1. The maximum absolute atomic E-state index is 6.03. The second-order valence-corrected chi connectivity index (χ2v) is 6.09. The number of likely N-dealkylation sites (tertiary alicyclic amines) is 1. The van der Waals surface area contributed by atoms with E-state index in [0.717, 1.165) is 12.5 Å². The molecule has 0 amide bonds. The summed E-state index contributed by atoms with van der Waals surface area (Å²) in [6, 6.07) is 1.09. The van der Waals surface area contributed by atoms with Crippen LogP contribution in [0.3, 0.4) is 0 Å². The topological polar surface area (TPSA) is 38.5 Å². The van der Waals surface area contributed by atoms with Gasteiger partial charge in [-0.15, -0.1) is 0 Å². The standard InChI is InChI=1S/C14H28N2O/c1-10-4-5-11(2)16(9-10)13(8-15)14-7-6-12(3)17-14/h10-14H,4-9,15H2,1-3H3. The van der Waals surface area contributed by atoms with Crippen LogP contribution in [0.4, 0.5) is 0 Å². The Morgan fingerprint density at radius 1 is 1.18 bits per heavy atom. The van der Waals surface area contributed by atoms with Crippen molar-refractivity contribution in [2.45, 2.75) is 70.7 Å². The number of ether oxygens (including phenoxy) is 1. The second kappa shape index (κ2) is 5.68. The molecule has 2 aliphatic heterocycles. The molecule has 5 atom stereocenters.